The maximum atomic E-state index is 6.50. The molecule has 0 saturated heterocycles. The lowest BCUT2D eigenvalue weighted by Crippen LogP contribution is -2.13. The molecule has 162 valence electrons. The van der Waals surface area contributed by atoms with Crippen LogP contribution >= 0.6 is 76.3 Å². The second-order valence-electron chi connectivity index (χ2n) is 6.64. The third kappa shape index (κ3) is 4.74. The van der Waals surface area contributed by atoms with Gasteiger partial charge in [0.2, 0.25) is 0 Å². The minimum atomic E-state index is -3.55. The van der Waals surface area contributed by atoms with Crippen molar-refractivity contribution in [2.45, 2.75) is 13.3 Å². The summed E-state index contributed by atoms with van der Waals surface area (Å²) < 4.78 is 18.2. The average molecular weight is 575 g/mol. The third-order valence-corrected chi connectivity index (χ3v) is 8.54. The van der Waals surface area contributed by atoms with E-state index >= 15 is 0 Å². The molecular formula is C20H11Cl6O3PS. The summed E-state index contributed by atoms with van der Waals surface area (Å²) in [6.45, 7) is -1.63. The van der Waals surface area contributed by atoms with E-state index in [1.54, 1.807) is 12.1 Å². The summed E-state index contributed by atoms with van der Waals surface area (Å²) in [5.41, 5.74) is 1.89. The van der Waals surface area contributed by atoms with E-state index in [2.05, 4.69) is 0 Å². The zero-order chi connectivity index (χ0) is 22.5. The van der Waals surface area contributed by atoms with Crippen molar-refractivity contribution >= 4 is 88.1 Å². The largest absolute Gasteiger partial charge is 0.490 e. The Morgan fingerprint density at radius 1 is 0.806 bits per heavy atom. The Labute approximate surface area is 214 Å². The lowest BCUT2D eigenvalue weighted by atomic mass is 10.0. The van der Waals surface area contributed by atoms with Crippen molar-refractivity contribution in [3.05, 3.63) is 83.2 Å². The maximum Gasteiger partial charge on any atom is 0.490 e. The van der Waals surface area contributed by atoms with Crippen LogP contribution in [0.15, 0.2) is 36.4 Å². The molecule has 0 saturated carbocycles. The Hall–Kier alpha value is -0.550. The van der Waals surface area contributed by atoms with E-state index in [-0.39, 0.29) is 48.1 Å². The molecule has 0 radical (unpaired) electrons. The van der Waals surface area contributed by atoms with Crippen LogP contribution in [-0.4, -0.2) is 0 Å². The van der Waals surface area contributed by atoms with Gasteiger partial charge in [0, 0.05) is 29.4 Å². The summed E-state index contributed by atoms with van der Waals surface area (Å²) in [6, 6.07) is 10.2. The van der Waals surface area contributed by atoms with Gasteiger partial charge in [-0.1, -0.05) is 81.7 Å². The Kier molecular flexibility index (Phi) is 6.86. The second-order valence-corrected chi connectivity index (χ2v) is 11.8. The first-order valence-electron chi connectivity index (χ1n) is 8.66. The normalized spacial score (nSPS) is 14.4. The maximum absolute atomic E-state index is 6.50. The molecule has 0 fully saturated rings. The van der Waals surface area contributed by atoms with E-state index in [4.69, 9.17) is 95.0 Å². The van der Waals surface area contributed by atoms with Crippen LogP contribution in [-0.2, 0) is 18.2 Å². The topological polar surface area (TPSA) is 27.7 Å². The molecule has 3 nitrogen and oxygen atoms in total. The molecular weight excluding hydrogens is 564 g/mol. The summed E-state index contributed by atoms with van der Waals surface area (Å²) in [5, 5.41) is 1.35. The molecule has 1 heterocycles. The molecule has 1 aliphatic heterocycles. The molecule has 0 atom stereocenters. The quantitative estimate of drug-likeness (QED) is 0.225. The van der Waals surface area contributed by atoms with E-state index in [0.29, 0.717) is 16.9 Å². The zero-order valence-corrected chi connectivity index (χ0v) is 21.8. The molecule has 3 aromatic carbocycles. The lowest BCUT2D eigenvalue weighted by Gasteiger charge is -2.29. The van der Waals surface area contributed by atoms with Gasteiger partial charge in [0.05, 0.1) is 30.1 Å². The summed E-state index contributed by atoms with van der Waals surface area (Å²) in [4.78, 5) is 0. The van der Waals surface area contributed by atoms with Crippen molar-refractivity contribution < 1.29 is 13.6 Å². The Balaban J connectivity index is 1.96. The molecule has 11 heteroatoms. The van der Waals surface area contributed by atoms with Gasteiger partial charge >= 0.3 is 6.72 Å². The SMILES string of the molecule is Cc1cccc(OP2(=S)Oc3c(Cl)cc(Cl)c(Cl)c3Cc3c(Cl)c(Cl)cc(Cl)c3O2)c1. The highest BCUT2D eigenvalue weighted by atomic mass is 35.5. The fourth-order valence-corrected chi connectivity index (χ4v) is 6.68. The van der Waals surface area contributed by atoms with Gasteiger partial charge in [-0.25, -0.2) is 0 Å². The fourth-order valence-electron chi connectivity index (χ4n) is 3.03. The third-order valence-electron chi connectivity index (χ3n) is 4.40. The number of benzene rings is 3. The molecule has 0 aliphatic carbocycles. The summed E-state index contributed by atoms with van der Waals surface area (Å²) in [5.74, 6) is 0.856. The summed E-state index contributed by atoms with van der Waals surface area (Å²) in [7, 11) is 0. The number of hydrogen-bond donors (Lipinski definition) is 0. The van der Waals surface area contributed by atoms with Gasteiger partial charge in [0.15, 0.2) is 11.5 Å². The van der Waals surface area contributed by atoms with Crippen LogP contribution in [0.4, 0.5) is 0 Å². The minimum Gasteiger partial charge on any atom is -0.407 e. The van der Waals surface area contributed by atoms with Gasteiger partial charge in [-0.3, -0.25) is 0 Å². The lowest BCUT2D eigenvalue weighted by molar-refractivity contribution is 0.377. The molecule has 0 aromatic heterocycles. The Morgan fingerprint density at radius 2 is 1.32 bits per heavy atom. The van der Waals surface area contributed by atoms with E-state index < -0.39 is 6.72 Å². The van der Waals surface area contributed by atoms with Crippen molar-refractivity contribution in [2.75, 3.05) is 0 Å². The number of aryl methyl sites for hydroxylation is 1. The molecule has 0 unspecified atom stereocenters. The van der Waals surface area contributed by atoms with E-state index in [1.165, 1.54) is 12.1 Å². The van der Waals surface area contributed by atoms with Crippen molar-refractivity contribution in [1.82, 2.24) is 0 Å². The molecule has 0 N–H and O–H groups in total. The molecule has 0 bridgehead atoms. The van der Waals surface area contributed by atoms with Crippen LogP contribution in [0, 0.1) is 6.92 Å². The average Bonchev–Trinajstić information content (AvgIpc) is 2.67. The minimum absolute atomic E-state index is 0.142. The highest BCUT2D eigenvalue weighted by molar-refractivity contribution is 8.08. The van der Waals surface area contributed by atoms with Gasteiger partial charge in [-0.2, -0.15) is 0 Å². The predicted molar refractivity (Wildman–Crippen MR) is 133 cm³/mol. The molecule has 0 spiro atoms. The van der Waals surface area contributed by atoms with Gasteiger partial charge in [0.1, 0.15) is 5.75 Å². The molecule has 3 aromatic rings. The van der Waals surface area contributed by atoms with Crippen LogP contribution in [0.2, 0.25) is 30.1 Å². The Bertz CT molecular complexity index is 1200. The van der Waals surface area contributed by atoms with Crippen LogP contribution in [0.1, 0.15) is 16.7 Å². The van der Waals surface area contributed by atoms with Gasteiger partial charge < -0.3 is 13.6 Å². The van der Waals surface area contributed by atoms with E-state index in [9.17, 15) is 0 Å². The first kappa shape index (κ1) is 23.6. The predicted octanol–water partition coefficient (Wildman–Crippen LogP) is 9.58. The van der Waals surface area contributed by atoms with E-state index in [1.807, 2.05) is 19.1 Å². The van der Waals surface area contributed by atoms with Crippen molar-refractivity contribution in [2.24, 2.45) is 0 Å². The fraction of sp³-hybridized carbons (Fsp3) is 0.100. The first-order valence-corrected chi connectivity index (χ1v) is 13.5. The van der Waals surface area contributed by atoms with Crippen LogP contribution in [0.3, 0.4) is 0 Å². The van der Waals surface area contributed by atoms with Crippen LogP contribution in [0.5, 0.6) is 17.2 Å². The molecule has 31 heavy (non-hydrogen) atoms. The van der Waals surface area contributed by atoms with E-state index in [0.717, 1.165) is 5.56 Å². The number of hydrogen-bond acceptors (Lipinski definition) is 4. The van der Waals surface area contributed by atoms with Crippen LogP contribution < -0.4 is 13.6 Å². The molecule has 1 aliphatic rings. The van der Waals surface area contributed by atoms with Gasteiger partial charge in [-0.15, -0.1) is 0 Å². The van der Waals surface area contributed by atoms with Crippen LogP contribution in [0.25, 0.3) is 0 Å². The highest BCUT2D eigenvalue weighted by Gasteiger charge is 2.36. The van der Waals surface area contributed by atoms with Gasteiger partial charge in [0.25, 0.3) is 0 Å². The van der Waals surface area contributed by atoms with Crippen molar-refractivity contribution in [3.8, 4) is 17.2 Å². The summed E-state index contributed by atoms with van der Waals surface area (Å²) in [6.07, 6.45) is 0.142. The standard InChI is InChI=1S/C20H11Cl6O3PS/c1-9-3-2-4-10(5-9)27-30(31)28-19-11(17(25)13(21)7-15(19)23)6-12-18(26)14(22)8-16(24)20(12)29-30/h2-5,7-8H,6H2,1H3. The van der Waals surface area contributed by atoms with Crippen molar-refractivity contribution in [3.63, 3.8) is 0 Å². The molecule has 0 amide bonds. The molecule has 4 rings (SSSR count). The smallest absolute Gasteiger partial charge is 0.407 e. The van der Waals surface area contributed by atoms with Gasteiger partial charge in [-0.05, 0) is 36.8 Å². The monoisotopic (exact) mass is 572 g/mol. The second kappa shape index (κ2) is 9.00. The first-order chi connectivity index (χ1) is 14.6. The number of fused-ring (bicyclic) bond motifs is 2. The van der Waals surface area contributed by atoms with Crippen molar-refractivity contribution in [1.29, 1.82) is 0 Å². The highest BCUT2D eigenvalue weighted by Crippen LogP contribution is 2.58. The zero-order valence-electron chi connectivity index (χ0n) is 15.5. The summed E-state index contributed by atoms with van der Waals surface area (Å²) >= 11 is 44.1. The Morgan fingerprint density at radius 3 is 1.81 bits per heavy atom. The number of rotatable bonds is 2. The number of halogens is 6.